The fourth-order valence-electron chi connectivity index (χ4n) is 4.32. The lowest BCUT2D eigenvalue weighted by atomic mass is 9.88. The zero-order chi connectivity index (χ0) is 20.2. The molecule has 1 N–H and O–H groups in total. The average molecular weight is 395 g/mol. The Labute approximate surface area is 172 Å². The molecule has 2 aliphatic rings. The molecule has 6 nitrogen and oxygen atoms in total. The smallest absolute Gasteiger partial charge is 0.225 e. The number of amides is 1. The third-order valence-corrected chi connectivity index (χ3v) is 5.91. The van der Waals surface area contributed by atoms with Crippen LogP contribution in [0.3, 0.4) is 0 Å². The summed E-state index contributed by atoms with van der Waals surface area (Å²) in [6, 6.07) is 7.98. The van der Waals surface area contributed by atoms with Crippen molar-refractivity contribution in [3.05, 3.63) is 47.4 Å². The molecule has 0 bridgehead atoms. The first-order valence-corrected chi connectivity index (χ1v) is 10.7. The highest BCUT2D eigenvalue weighted by molar-refractivity contribution is 5.79. The first kappa shape index (κ1) is 19.8. The summed E-state index contributed by atoms with van der Waals surface area (Å²) in [7, 11) is 0. The minimum atomic E-state index is -0.193. The van der Waals surface area contributed by atoms with Gasteiger partial charge >= 0.3 is 0 Å². The summed E-state index contributed by atoms with van der Waals surface area (Å²) in [5, 5.41) is 3.39. The molecule has 1 aliphatic carbocycles. The number of carbonyl (C=O) groups excluding carboxylic acids is 1. The summed E-state index contributed by atoms with van der Waals surface area (Å²) in [6.45, 7) is 5.82. The predicted octanol–water partition coefficient (Wildman–Crippen LogP) is 4.32. The molecule has 2 fully saturated rings. The number of pyridine rings is 2. The molecule has 4 rings (SSSR count). The molecular weight excluding hydrogens is 364 g/mol. The number of carbonyl (C=O) groups is 1. The molecule has 1 atom stereocenters. The van der Waals surface area contributed by atoms with Crippen LogP contribution in [0.4, 0.5) is 11.5 Å². The standard InChI is InChI=1S/C23H30N4O2/c1-16-7-6-10-24-22(16)26-19-13-17(2)25-20(14-19)21-15-27(11-12-29-21)23(28)18-8-4-3-5-9-18/h6-7,10,13-14,18,21H,3-5,8-9,11-12,15H2,1-2H3,(H,24,25,26). The Morgan fingerprint density at radius 2 is 2.03 bits per heavy atom. The van der Waals surface area contributed by atoms with Crippen LogP contribution in [-0.4, -0.2) is 40.5 Å². The number of aromatic nitrogens is 2. The van der Waals surface area contributed by atoms with Gasteiger partial charge in [-0.3, -0.25) is 9.78 Å². The van der Waals surface area contributed by atoms with Gasteiger partial charge in [0.25, 0.3) is 0 Å². The minimum Gasteiger partial charge on any atom is -0.368 e. The summed E-state index contributed by atoms with van der Waals surface area (Å²) >= 11 is 0. The molecule has 29 heavy (non-hydrogen) atoms. The first-order valence-electron chi connectivity index (χ1n) is 10.7. The van der Waals surface area contributed by atoms with E-state index in [0.29, 0.717) is 25.6 Å². The largest absolute Gasteiger partial charge is 0.368 e. The highest BCUT2D eigenvalue weighted by Crippen LogP contribution is 2.29. The van der Waals surface area contributed by atoms with Crippen molar-refractivity contribution in [1.29, 1.82) is 0 Å². The van der Waals surface area contributed by atoms with Crippen molar-refractivity contribution in [3.63, 3.8) is 0 Å². The number of rotatable bonds is 4. The van der Waals surface area contributed by atoms with Gasteiger partial charge in [0.15, 0.2) is 0 Å². The van der Waals surface area contributed by atoms with Gasteiger partial charge in [0, 0.05) is 30.0 Å². The molecule has 1 saturated carbocycles. The summed E-state index contributed by atoms with van der Waals surface area (Å²) in [4.78, 5) is 24.1. The fraction of sp³-hybridized carbons (Fsp3) is 0.522. The van der Waals surface area contributed by atoms with Gasteiger partial charge in [-0.15, -0.1) is 0 Å². The summed E-state index contributed by atoms with van der Waals surface area (Å²) < 4.78 is 6.02. The van der Waals surface area contributed by atoms with E-state index in [2.05, 4.69) is 10.3 Å². The second kappa shape index (κ2) is 8.91. The zero-order valence-electron chi connectivity index (χ0n) is 17.4. The second-order valence-electron chi connectivity index (χ2n) is 8.19. The fourth-order valence-corrected chi connectivity index (χ4v) is 4.32. The number of nitrogens with one attached hydrogen (secondary N) is 1. The van der Waals surface area contributed by atoms with Crippen molar-refractivity contribution in [2.24, 2.45) is 5.92 Å². The predicted molar refractivity (Wildman–Crippen MR) is 113 cm³/mol. The molecular formula is C23H30N4O2. The maximum absolute atomic E-state index is 13.0. The van der Waals surface area contributed by atoms with Gasteiger partial charge in [-0.05, 0) is 50.5 Å². The second-order valence-corrected chi connectivity index (χ2v) is 8.19. The topological polar surface area (TPSA) is 67.4 Å². The van der Waals surface area contributed by atoms with E-state index in [0.717, 1.165) is 41.3 Å². The lowest BCUT2D eigenvalue weighted by Gasteiger charge is -2.36. The van der Waals surface area contributed by atoms with E-state index >= 15 is 0 Å². The summed E-state index contributed by atoms with van der Waals surface area (Å²) in [5.41, 5.74) is 3.80. The number of nitrogens with zero attached hydrogens (tertiary/aromatic N) is 3. The Kier molecular flexibility index (Phi) is 6.09. The molecule has 0 radical (unpaired) electrons. The monoisotopic (exact) mass is 394 g/mol. The number of aryl methyl sites for hydroxylation is 2. The van der Waals surface area contributed by atoms with E-state index in [1.54, 1.807) is 6.20 Å². The highest BCUT2D eigenvalue weighted by atomic mass is 16.5. The Morgan fingerprint density at radius 1 is 1.21 bits per heavy atom. The molecule has 1 aliphatic heterocycles. The van der Waals surface area contributed by atoms with Crippen molar-refractivity contribution in [1.82, 2.24) is 14.9 Å². The van der Waals surface area contributed by atoms with E-state index in [9.17, 15) is 4.79 Å². The number of morpholine rings is 1. The van der Waals surface area contributed by atoms with Crippen LogP contribution in [0.2, 0.25) is 0 Å². The summed E-state index contributed by atoms with van der Waals surface area (Å²) in [6.07, 6.45) is 7.25. The van der Waals surface area contributed by atoms with Crippen LogP contribution in [0.25, 0.3) is 0 Å². The van der Waals surface area contributed by atoms with Crippen LogP contribution in [0.15, 0.2) is 30.5 Å². The normalized spacial score (nSPS) is 20.5. The maximum Gasteiger partial charge on any atom is 0.225 e. The van der Waals surface area contributed by atoms with Crippen LogP contribution in [0.1, 0.15) is 55.2 Å². The molecule has 1 unspecified atom stereocenters. The quantitative estimate of drug-likeness (QED) is 0.837. The molecule has 1 amide bonds. The van der Waals surface area contributed by atoms with Crippen LogP contribution >= 0.6 is 0 Å². The van der Waals surface area contributed by atoms with E-state index in [-0.39, 0.29) is 12.0 Å². The third kappa shape index (κ3) is 4.75. The van der Waals surface area contributed by atoms with Crippen molar-refractivity contribution >= 4 is 17.4 Å². The van der Waals surface area contributed by atoms with Crippen molar-refractivity contribution in [2.45, 2.75) is 52.1 Å². The molecule has 0 spiro atoms. The molecule has 2 aromatic heterocycles. The van der Waals surface area contributed by atoms with Crippen LogP contribution in [0.5, 0.6) is 0 Å². The molecule has 1 saturated heterocycles. The van der Waals surface area contributed by atoms with Crippen molar-refractivity contribution < 1.29 is 9.53 Å². The van der Waals surface area contributed by atoms with Gasteiger partial charge in [-0.1, -0.05) is 25.3 Å². The SMILES string of the molecule is Cc1cc(Nc2ncccc2C)cc(C2CN(C(=O)C3CCCCC3)CCO2)n1. The van der Waals surface area contributed by atoms with E-state index in [1.165, 1.54) is 19.3 Å². The van der Waals surface area contributed by atoms with Gasteiger partial charge in [-0.2, -0.15) is 0 Å². The molecule has 154 valence electrons. The number of hydrogen-bond donors (Lipinski definition) is 1. The average Bonchev–Trinajstić information content (AvgIpc) is 2.75. The minimum absolute atomic E-state index is 0.192. The van der Waals surface area contributed by atoms with E-state index in [1.807, 2.05) is 43.0 Å². The van der Waals surface area contributed by atoms with Crippen LogP contribution in [-0.2, 0) is 9.53 Å². The van der Waals surface area contributed by atoms with Gasteiger partial charge in [0.2, 0.25) is 5.91 Å². The first-order chi connectivity index (χ1) is 14.1. The molecule has 0 aromatic carbocycles. The van der Waals surface area contributed by atoms with Crippen LogP contribution in [0, 0.1) is 19.8 Å². The van der Waals surface area contributed by atoms with Crippen LogP contribution < -0.4 is 5.32 Å². The van der Waals surface area contributed by atoms with Gasteiger partial charge in [0.1, 0.15) is 11.9 Å². The van der Waals surface area contributed by atoms with Crippen molar-refractivity contribution in [2.75, 3.05) is 25.0 Å². The maximum atomic E-state index is 13.0. The number of anilines is 2. The number of hydrogen-bond acceptors (Lipinski definition) is 5. The Morgan fingerprint density at radius 3 is 2.83 bits per heavy atom. The summed E-state index contributed by atoms with van der Waals surface area (Å²) in [5.74, 6) is 1.33. The Balaban J connectivity index is 1.49. The van der Waals surface area contributed by atoms with E-state index < -0.39 is 0 Å². The van der Waals surface area contributed by atoms with Gasteiger partial charge in [-0.25, -0.2) is 4.98 Å². The zero-order valence-corrected chi connectivity index (χ0v) is 17.4. The van der Waals surface area contributed by atoms with Crippen molar-refractivity contribution in [3.8, 4) is 0 Å². The van der Waals surface area contributed by atoms with E-state index in [4.69, 9.17) is 9.72 Å². The Hall–Kier alpha value is -2.47. The molecule has 3 heterocycles. The molecule has 6 heteroatoms. The third-order valence-electron chi connectivity index (χ3n) is 5.91. The molecule has 2 aromatic rings. The highest BCUT2D eigenvalue weighted by Gasteiger charge is 2.31. The lowest BCUT2D eigenvalue weighted by Crippen LogP contribution is -2.45. The Bertz CT molecular complexity index is 864. The number of ether oxygens (including phenoxy) is 1. The van der Waals surface area contributed by atoms with Gasteiger partial charge < -0.3 is 15.0 Å². The van der Waals surface area contributed by atoms with Gasteiger partial charge in [0.05, 0.1) is 18.8 Å². The lowest BCUT2D eigenvalue weighted by molar-refractivity contribution is -0.144.